The van der Waals surface area contributed by atoms with Gasteiger partial charge in [-0.3, -0.25) is 0 Å². The third-order valence-corrected chi connectivity index (χ3v) is 17.1. The number of hydrogen-bond donors (Lipinski definition) is 0. The highest BCUT2D eigenvalue weighted by Gasteiger charge is 2.46. The van der Waals surface area contributed by atoms with Crippen molar-refractivity contribution in [1.82, 2.24) is 0 Å². The lowest BCUT2D eigenvalue weighted by atomic mass is 9.62. The first-order valence-corrected chi connectivity index (χ1v) is 27.3. The summed E-state index contributed by atoms with van der Waals surface area (Å²) < 4.78 is 0. The Balaban J connectivity index is 1.06. The van der Waals surface area contributed by atoms with Crippen molar-refractivity contribution in [2.24, 2.45) is 0 Å². The van der Waals surface area contributed by atoms with Crippen LogP contribution in [0.2, 0.25) is 0 Å². The molecule has 0 fully saturated rings. The average molecular weight is 1010 g/mol. The highest BCUT2D eigenvalue weighted by Crippen LogP contribution is 2.58. The van der Waals surface area contributed by atoms with Gasteiger partial charge in [-0.2, -0.15) is 0 Å². The van der Waals surface area contributed by atoms with E-state index in [9.17, 15) is 0 Å². The van der Waals surface area contributed by atoms with Crippen molar-refractivity contribution in [3.63, 3.8) is 0 Å². The van der Waals surface area contributed by atoms with Crippen LogP contribution in [0.25, 0.3) is 22.3 Å². The Bertz CT molecular complexity index is 3710. The molecule has 0 saturated heterocycles. The van der Waals surface area contributed by atoms with Gasteiger partial charge in [-0.1, -0.05) is 164 Å². The maximum absolute atomic E-state index is 2.45. The van der Waals surface area contributed by atoms with E-state index in [-0.39, 0.29) is 0 Å². The smallest absolute Gasteiger partial charge is 0.0742 e. The molecule has 78 heavy (non-hydrogen) atoms. The van der Waals surface area contributed by atoms with Crippen molar-refractivity contribution < 1.29 is 0 Å². The lowest BCUT2D eigenvalue weighted by Crippen LogP contribution is -2.37. The quantitative estimate of drug-likeness (QED) is 0.128. The molecule has 0 unspecified atom stereocenters. The Kier molecular flexibility index (Phi) is 13.0. The third kappa shape index (κ3) is 8.47. The molecule has 0 spiro atoms. The van der Waals surface area contributed by atoms with Gasteiger partial charge in [-0.25, -0.2) is 0 Å². The number of para-hydroxylation sites is 3. The number of anilines is 9. The molecule has 1 heterocycles. The second kappa shape index (κ2) is 20.4. The summed E-state index contributed by atoms with van der Waals surface area (Å²) in [7, 11) is 0. The summed E-state index contributed by atoms with van der Waals surface area (Å²) in [6.45, 7) is 18.0. The molecule has 12 rings (SSSR count). The minimum atomic E-state index is -0.722. The maximum atomic E-state index is 2.45. The Labute approximate surface area is 462 Å². The molecule has 0 saturated carbocycles. The fourth-order valence-electron chi connectivity index (χ4n) is 12.2. The first-order chi connectivity index (χ1) is 38.0. The zero-order valence-electron chi connectivity index (χ0n) is 46.0. The highest BCUT2D eigenvalue weighted by atomic mass is 15.2. The second-order valence-corrected chi connectivity index (χ2v) is 21.2. The van der Waals surface area contributed by atoms with Crippen molar-refractivity contribution >= 4 is 51.2 Å². The van der Waals surface area contributed by atoms with E-state index >= 15 is 0 Å². The molecule has 0 amide bonds. The summed E-state index contributed by atoms with van der Waals surface area (Å²) in [5, 5.41) is 0. The van der Waals surface area contributed by atoms with Crippen LogP contribution < -0.4 is 14.7 Å². The van der Waals surface area contributed by atoms with E-state index in [0.717, 1.165) is 39.8 Å². The molecule has 0 aromatic heterocycles. The molecule has 0 aliphatic carbocycles. The van der Waals surface area contributed by atoms with Crippen molar-refractivity contribution in [3.05, 3.63) is 315 Å². The standard InChI is InChI=1S/C75H65N3/c1-50-48-73(56(7)54(5)52(50)3)76(65-40-32-60(33-41-65)58-22-12-9-13-23-58)67-44-36-62(37-45-67)75(69-28-18-20-30-71(69)78(64-26-16-11-17-27-64)72-31-21-19-29-70(72)75)63-38-46-68(47-39-63)77(74-49-51(2)53(4)55(6)57(74)8)66-42-34-61(35-43-66)59-24-14-10-15-25-59/h9-49H,1-8H3. The molecular weight excluding hydrogens is 943 g/mol. The molecule has 3 heteroatoms. The Morgan fingerprint density at radius 1 is 0.282 bits per heavy atom. The Morgan fingerprint density at radius 3 is 0.962 bits per heavy atom. The molecule has 0 radical (unpaired) electrons. The summed E-state index contributed by atoms with van der Waals surface area (Å²) in [4.78, 5) is 7.35. The molecule has 11 aromatic carbocycles. The number of aryl methyl sites for hydroxylation is 2. The predicted molar refractivity (Wildman–Crippen MR) is 331 cm³/mol. The number of benzene rings is 11. The van der Waals surface area contributed by atoms with Gasteiger partial charge in [0.05, 0.1) is 16.8 Å². The molecule has 11 aromatic rings. The van der Waals surface area contributed by atoms with Crippen LogP contribution in [0, 0.1) is 55.4 Å². The topological polar surface area (TPSA) is 9.72 Å². The van der Waals surface area contributed by atoms with Crippen molar-refractivity contribution in [2.75, 3.05) is 14.7 Å². The largest absolute Gasteiger partial charge is 0.310 e. The van der Waals surface area contributed by atoms with Crippen LogP contribution in [0.15, 0.2) is 249 Å². The molecule has 0 bridgehead atoms. The van der Waals surface area contributed by atoms with Crippen LogP contribution in [0.1, 0.15) is 66.8 Å². The lowest BCUT2D eigenvalue weighted by molar-refractivity contribution is 0.731. The summed E-state index contributed by atoms with van der Waals surface area (Å²) in [5.74, 6) is 0. The summed E-state index contributed by atoms with van der Waals surface area (Å²) in [5.41, 5.74) is 29.5. The van der Waals surface area contributed by atoms with Gasteiger partial charge in [0.15, 0.2) is 0 Å². The van der Waals surface area contributed by atoms with Crippen LogP contribution in [0.4, 0.5) is 51.2 Å². The fraction of sp³-hybridized carbons (Fsp3) is 0.120. The van der Waals surface area contributed by atoms with E-state index in [0.29, 0.717) is 0 Å². The Morgan fingerprint density at radius 2 is 0.590 bits per heavy atom. The zero-order valence-corrected chi connectivity index (χ0v) is 46.0. The highest BCUT2D eigenvalue weighted by molar-refractivity contribution is 5.91. The SMILES string of the molecule is Cc1cc(N(c2ccc(-c3ccccc3)cc2)c2ccc(C3(c4ccc(N(c5ccc(-c6ccccc6)cc5)c5cc(C)c(C)c(C)c5C)cc4)c4ccccc4N(c4ccccc4)c4ccccc43)cc2)c(C)c(C)c1C. The van der Waals surface area contributed by atoms with Gasteiger partial charge in [0, 0.05) is 39.8 Å². The number of nitrogens with zero attached hydrogens (tertiary/aromatic N) is 3. The van der Waals surface area contributed by atoms with Gasteiger partial charge in [0.25, 0.3) is 0 Å². The van der Waals surface area contributed by atoms with E-state index in [1.807, 2.05) is 0 Å². The van der Waals surface area contributed by atoms with E-state index < -0.39 is 5.41 Å². The zero-order chi connectivity index (χ0) is 53.7. The van der Waals surface area contributed by atoms with Gasteiger partial charge in [-0.05, 0) is 229 Å². The monoisotopic (exact) mass is 1010 g/mol. The predicted octanol–water partition coefficient (Wildman–Crippen LogP) is 20.6. The van der Waals surface area contributed by atoms with Gasteiger partial charge < -0.3 is 14.7 Å². The van der Waals surface area contributed by atoms with Crippen molar-refractivity contribution in [2.45, 2.75) is 60.8 Å². The van der Waals surface area contributed by atoms with E-state index in [2.05, 4.69) is 319 Å². The van der Waals surface area contributed by atoms with E-state index in [4.69, 9.17) is 0 Å². The summed E-state index contributed by atoms with van der Waals surface area (Å²) in [6, 6.07) is 92.0. The first-order valence-electron chi connectivity index (χ1n) is 27.3. The summed E-state index contributed by atoms with van der Waals surface area (Å²) in [6.07, 6.45) is 0. The molecule has 0 atom stereocenters. The van der Waals surface area contributed by atoms with Crippen molar-refractivity contribution in [3.8, 4) is 22.3 Å². The molecule has 3 nitrogen and oxygen atoms in total. The van der Waals surface area contributed by atoms with Crippen LogP contribution in [-0.2, 0) is 5.41 Å². The molecular formula is C75H65N3. The van der Waals surface area contributed by atoms with Crippen LogP contribution in [0.3, 0.4) is 0 Å². The number of fused-ring (bicyclic) bond motifs is 2. The second-order valence-electron chi connectivity index (χ2n) is 21.2. The fourth-order valence-corrected chi connectivity index (χ4v) is 12.2. The lowest BCUT2D eigenvalue weighted by Gasteiger charge is -2.46. The van der Waals surface area contributed by atoms with E-state index in [1.165, 1.54) is 100 Å². The maximum Gasteiger partial charge on any atom is 0.0742 e. The van der Waals surface area contributed by atoms with Gasteiger partial charge in [0.1, 0.15) is 0 Å². The first kappa shape index (κ1) is 49.7. The van der Waals surface area contributed by atoms with Gasteiger partial charge >= 0.3 is 0 Å². The van der Waals surface area contributed by atoms with Crippen molar-refractivity contribution in [1.29, 1.82) is 0 Å². The molecule has 0 N–H and O–H groups in total. The average Bonchev–Trinajstić information content (AvgIpc) is 3.29. The minimum absolute atomic E-state index is 0.722. The van der Waals surface area contributed by atoms with Crippen LogP contribution in [0.5, 0.6) is 0 Å². The van der Waals surface area contributed by atoms with Gasteiger partial charge in [-0.15, -0.1) is 0 Å². The normalized spacial score (nSPS) is 12.4. The molecule has 1 aliphatic heterocycles. The Hall–Kier alpha value is -9.18. The van der Waals surface area contributed by atoms with Crippen LogP contribution in [-0.4, -0.2) is 0 Å². The summed E-state index contributed by atoms with van der Waals surface area (Å²) >= 11 is 0. The third-order valence-electron chi connectivity index (χ3n) is 17.1. The number of hydrogen-bond acceptors (Lipinski definition) is 3. The van der Waals surface area contributed by atoms with E-state index in [1.54, 1.807) is 0 Å². The minimum Gasteiger partial charge on any atom is -0.310 e. The van der Waals surface area contributed by atoms with Crippen LogP contribution >= 0.6 is 0 Å². The van der Waals surface area contributed by atoms with Gasteiger partial charge in [0.2, 0.25) is 0 Å². The molecule has 380 valence electrons. The number of rotatable bonds is 11. The molecule has 1 aliphatic rings.